The van der Waals surface area contributed by atoms with Crippen LogP contribution in [0.5, 0.6) is 0 Å². The monoisotopic (exact) mass is 204 g/mol. The fraction of sp³-hybridized carbons (Fsp3) is 0.182. The summed E-state index contributed by atoms with van der Waals surface area (Å²) >= 11 is 5.17. The molecule has 2 nitrogen and oxygen atoms in total. The first kappa shape index (κ1) is 9.21. The molecule has 0 amide bonds. The summed E-state index contributed by atoms with van der Waals surface area (Å²) in [6.07, 6.45) is 4.10. The molecule has 0 fully saturated rings. The van der Waals surface area contributed by atoms with E-state index in [-0.39, 0.29) is 6.04 Å². The largest absolute Gasteiger partial charge is 0.352 e. The van der Waals surface area contributed by atoms with Gasteiger partial charge in [0.15, 0.2) is 5.11 Å². The predicted molar refractivity (Wildman–Crippen MR) is 61.8 cm³/mol. The second kappa shape index (κ2) is 3.80. The van der Waals surface area contributed by atoms with Gasteiger partial charge >= 0.3 is 0 Å². The molecule has 0 spiro atoms. The molecule has 14 heavy (non-hydrogen) atoms. The van der Waals surface area contributed by atoms with E-state index in [0.717, 1.165) is 5.11 Å². The normalized spacial score (nSPS) is 20.8. The number of benzene rings is 1. The van der Waals surface area contributed by atoms with E-state index < -0.39 is 0 Å². The molecule has 0 unspecified atom stereocenters. The highest BCUT2D eigenvalue weighted by Crippen LogP contribution is 2.17. The van der Waals surface area contributed by atoms with E-state index in [0.29, 0.717) is 0 Å². The number of rotatable bonds is 1. The van der Waals surface area contributed by atoms with Gasteiger partial charge in [0.1, 0.15) is 0 Å². The van der Waals surface area contributed by atoms with Crippen molar-refractivity contribution in [3.63, 3.8) is 0 Å². The second-order valence-electron chi connectivity index (χ2n) is 3.29. The number of thiocarbonyl (C=S) groups is 1. The van der Waals surface area contributed by atoms with E-state index in [1.54, 1.807) is 0 Å². The molecule has 1 atom stereocenters. The zero-order chi connectivity index (χ0) is 9.97. The van der Waals surface area contributed by atoms with E-state index in [1.807, 2.05) is 36.3 Å². The van der Waals surface area contributed by atoms with Gasteiger partial charge in [-0.2, -0.15) is 0 Å². The third kappa shape index (κ3) is 1.77. The zero-order valence-electron chi connectivity index (χ0n) is 7.97. The molecule has 0 aromatic heterocycles. The molecule has 1 aromatic rings. The van der Waals surface area contributed by atoms with Crippen LogP contribution in [-0.4, -0.2) is 17.1 Å². The third-order valence-electron chi connectivity index (χ3n) is 2.26. The lowest BCUT2D eigenvalue weighted by Crippen LogP contribution is -2.39. The first-order valence-corrected chi connectivity index (χ1v) is 4.95. The summed E-state index contributed by atoms with van der Waals surface area (Å²) in [6, 6.07) is 10.5. The number of nitrogens with one attached hydrogen (secondary N) is 1. The Morgan fingerprint density at radius 2 is 2.00 bits per heavy atom. The van der Waals surface area contributed by atoms with Crippen LogP contribution in [0.25, 0.3) is 0 Å². The van der Waals surface area contributed by atoms with Crippen molar-refractivity contribution in [3.8, 4) is 0 Å². The van der Waals surface area contributed by atoms with Crippen LogP contribution < -0.4 is 5.32 Å². The minimum Gasteiger partial charge on any atom is -0.352 e. The van der Waals surface area contributed by atoms with Crippen LogP contribution in [0.1, 0.15) is 11.6 Å². The summed E-state index contributed by atoms with van der Waals surface area (Å²) in [5.41, 5.74) is 1.24. The summed E-state index contributed by atoms with van der Waals surface area (Å²) in [7, 11) is 1.94. The van der Waals surface area contributed by atoms with Crippen molar-refractivity contribution in [2.75, 3.05) is 7.05 Å². The molecule has 2 rings (SSSR count). The van der Waals surface area contributed by atoms with Crippen LogP contribution in [0, 0.1) is 0 Å². The number of hydrogen-bond acceptors (Lipinski definition) is 1. The smallest absolute Gasteiger partial charge is 0.173 e. The molecule has 0 radical (unpaired) electrons. The quantitative estimate of drug-likeness (QED) is 0.705. The third-order valence-corrected chi connectivity index (χ3v) is 2.67. The van der Waals surface area contributed by atoms with Crippen LogP contribution >= 0.6 is 12.2 Å². The first-order valence-electron chi connectivity index (χ1n) is 4.54. The summed E-state index contributed by atoms with van der Waals surface area (Å²) in [6.45, 7) is 0. The van der Waals surface area contributed by atoms with Crippen LogP contribution in [0.2, 0.25) is 0 Å². The van der Waals surface area contributed by atoms with E-state index in [1.165, 1.54) is 5.56 Å². The Morgan fingerprint density at radius 1 is 1.29 bits per heavy atom. The second-order valence-corrected chi connectivity index (χ2v) is 3.68. The Labute approximate surface area is 89.2 Å². The lowest BCUT2D eigenvalue weighted by molar-refractivity contribution is 0.596. The standard InChI is InChI=1S/C11H12N2S/c1-13-8-7-10(12-11(13)14)9-5-3-2-4-6-9/h2-8,10H,1H3,(H,12,14)/t10-/m1/s1. The lowest BCUT2D eigenvalue weighted by atomic mass is 10.1. The Morgan fingerprint density at radius 3 is 2.64 bits per heavy atom. The summed E-state index contributed by atoms with van der Waals surface area (Å²) in [5.74, 6) is 0. The highest BCUT2D eigenvalue weighted by molar-refractivity contribution is 7.80. The van der Waals surface area contributed by atoms with E-state index in [9.17, 15) is 0 Å². The Hall–Kier alpha value is -1.35. The van der Waals surface area contributed by atoms with Gasteiger partial charge < -0.3 is 10.2 Å². The topological polar surface area (TPSA) is 15.3 Å². The Balaban J connectivity index is 2.22. The van der Waals surface area contributed by atoms with Gasteiger partial charge in [-0.25, -0.2) is 0 Å². The Kier molecular flexibility index (Phi) is 2.50. The molecule has 72 valence electrons. The molecular weight excluding hydrogens is 192 g/mol. The van der Waals surface area contributed by atoms with Crippen molar-refractivity contribution in [1.82, 2.24) is 10.2 Å². The molecule has 1 aliphatic rings. The molecule has 1 heterocycles. The van der Waals surface area contributed by atoms with Crippen molar-refractivity contribution in [2.24, 2.45) is 0 Å². The van der Waals surface area contributed by atoms with Gasteiger partial charge in [-0.05, 0) is 23.9 Å². The van der Waals surface area contributed by atoms with Gasteiger partial charge in [-0.1, -0.05) is 30.3 Å². The van der Waals surface area contributed by atoms with Gasteiger partial charge in [-0.3, -0.25) is 0 Å². The van der Waals surface area contributed by atoms with Crippen LogP contribution in [0.4, 0.5) is 0 Å². The van der Waals surface area contributed by atoms with Crippen molar-refractivity contribution >= 4 is 17.3 Å². The molecule has 0 saturated carbocycles. The lowest BCUT2D eigenvalue weighted by Gasteiger charge is -2.27. The van der Waals surface area contributed by atoms with Crippen LogP contribution in [0.15, 0.2) is 42.6 Å². The number of hydrogen-bond donors (Lipinski definition) is 1. The van der Waals surface area contributed by atoms with Crippen LogP contribution in [-0.2, 0) is 0 Å². The average Bonchev–Trinajstić information content (AvgIpc) is 2.23. The predicted octanol–water partition coefficient (Wildman–Crippen LogP) is 2.06. The molecular formula is C11H12N2S. The Bertz CT molecular complexity index is 359. The fourth-order valence-electron chi connectivity index (χ4n) is 1.42. The summed E-state index contributed by atoms with van der Waals surface area (Å²) < 4.78 is 0. The highest BCUT2D eigenvalue weighted by Gasteiger charge is 2.14. The SMILES string of the molecule is CN1C=C[C@H](c2ccccc2)NC1=S. The molecule has 0 saturated heterocycles. The van der Waals surface area contributed by atoms with Crippen molar-refractivity contribution in [3.05, 3.63) is 48.2 Å². The van der Waals surface area contributed by atoms with Crippen molar-refractivity contribution < 1.29 is 0 Å². The minimum atomic E-state index is 0.208. The average molecular weight is 204 g/mol. The van der Waals surface area contributed by atoms with Gasteiger partial charge in [0.25, 0.3) is 0 Å². The van der Waals surface area contributed by atoms with E-state index >= 15 is 0 Å². The molecule has 3 heteroatoms. The minimum absolute atomic E-state index is 0.208. The maximum atomic E-state index is 5.17. The first-order chi connectivity index (χ1) is 6.77. The highest BCUT2D eigenvalue weighted by atomic mass is 32.1. The maximum Gasteiger partial charge on any atom is 0.173 e. The van der Waals surface area contributed by atoms with Gasteiger partial charge in [0, 0.05) is 13.2 Å². The number of nitrogens with zero attached hydrogens (tertiary/aromatic N) is 1. The van der Waals surface area contributed by atoms with E-state index in [2.05, 4.69) is 23.5 Å². The zero-order valence-corrected chi connectivity index (χ0v) is 8.79. The molecule has 0 bridgehead atoms. The van der Waals surface area contributed by atoms with Gasteiger partial charge in [-0.15, -0.1) is 0 Å². The molecule has 0 aliphatic carbocycles. The molecule has 1 aliphatic heterocycles. The van der Waals surface area contributed by atoms with Crippen molar-refractivity contribution in [2.45, 2.75) is 6.04 Å². The fourth-order valence-corrected chi connectivity index (χ4v) is 1.61. The van der Waals surface area contributed by atoms with Crippen molar-refractivity contribution in [1.29, 1.82) is 0 Å². The maximum absolute atomic E-state index is 5.17. The summed E-state index contributed by atoms with van der Waals surface area (Å²) in [4.78, 5) is 1.90. The van der Waals surface area contributed by atoms with E-state index in [4.69, 9.17) is 12.2 Å². The van der Waals surface area contributed by atoms with Gasteiger partial charge in [0.2, 0.25) is 0 Å². The summed E-state index contributed by atoms with van der Waals surface area (Å²) in [5, 5.41) is 4.02. The molecule has 1 aromatic carbocycles. The van der Waals surface area contributed by atoms with Gasteiger partial charge in [0.05, 0.1) is 6.04 Å². The van der Waals surface area contributed by atoms with Crippen LogP contribution in [0.3, 0.4) is 0 Å². The molecule has 1 N–H and O–H groups in total.